The third-order valence-corrected chi connectivity index (χ3v) is 2.98. The summed E-state index contributed by atoms with van der Waals surface area (Å²) in [4.78, 5) is 12.0. The molecule has 94 valence electrons. The number of amides is 1. The number of methoxy groups -OCH3 is 1. The minimum atomic E-state index is -0.0988. The molecule has 18 heavy (non-hydrogen) atoms. The normalized spacial score (nSPS) is 10.2. The first kappa shape index (κ1) is 12.2. The van der Waals surface area contributed by atoms with Gasteiger partial charge < -0.3 is 14.6 Å². The van der Waals surface area contributed by atoms with Crippen LogP contribution in [-0.2, 0) is 7.05 Å². The lowest BCUT2D eigenvalue weighted by atomic mass is 10.2. The standard InChI is InChI=1S/C14H16N2O2/c1-10-13(8-9-16(10)2)14(17)15-11-4-6-12(18-3)7-5-11/h4-9H,1-3H3,(H,15,17). The summed E-state index contributed by atoms with van der Waals surface area (Å²) in [6.45, 7) is 1.92. The highest BCUT2D eigenvalue weighted by molar-refractivity contribution is 6.05. The number of hydrogen-bond donors (Lipinski definition) is 1. The molecule has 0 saturated carbocycles. The van der Waals surface area contributed by atoms with Crippen LogP contribution < -0.4 is 10.1 Å². The molecule has 0 saturated heterocycles. The number of carbonyl (C=O) groups excluding carboxylic acids is 1. The molecule has 0 aliphatic carbocycles. The molecule has 1 heterocycles. The Morgan fingerprint density at radius 1 is 1.22 bits per heavy atom. The molecular weight excluding hydrogens is 228 g/mol. The summed E-state index contributed by atoms with van der Waals surface area (Å²) < 4.78 is 6.98. The molecule has 0 aliphatic rings. The Bertz CT molecular complexity index is 556. The quantitative estimate of drug-likeness (QED) is 0.901. The monoisotopic (exact) mass is 244 g/mol. The molecule has 1 amide bonds. The van der Waals surface area contributed by atoms with Crippen LogP contribution in [0, 0.1) is 6.92 Å². The van der Waals surface area contributed by atoms with Gasteiger partial charge in [-0.3, -0.25) is 4.79 Å². The predicted molar refractivity (Wildman–Crippen MR) is 71.1 cm³/mol. The second-order valence-electron chi connectivity index (χ2n) is 4.11. The van der Waals surface area contributed by atoms with Gasteiger partial charge in [0.1, 0.15) is 5.75 Å². The van der Waals surface area contributed by atoms with Gasteiger partial charge in [0, 0.05) is 24.6 Å². The maximum Gasteiger partial charge on any atom is 0.257 e. The topological polar surface area (TPSA) is 43.3 Å². The number of rotatable bonds is 3. The molecule has 4 heteroatoms. The lowest BCUT2D eigenvalue weighted by Crippen LogP contribution is -2.12. The van der Waals surface area contributed by atoms with Crippen molar-refractivity contribution in [3.8, 4) is 5.75 Å². The van der Waals surface area contributed by atoms with E-state index in [4.69, 9.17) is 4.74 Å². The van der Waals surface area contributed by atoms with Crippen molar-refractivity contribution in [1.29, 1.82) is 0 Å². The Kier molecular flexibility index (Phi) is 3.37. The largest absolute Gasteiger partial charge is 0.497 e. The van der Waals surface area contributed by atoms with Gasteiger partial charge in [0.15, 0.2) is 0 Å². The van der Waals surface area contributed by atoms with E-state index in [-0.39, 0.29) is 5.91 Å². The molecule has 0 radical (unpaired) electrons. The minimum absolute atomic E-state index is 0.0988. The highest BCUT2D eigenvalue weighted by Gasteiger charge is 2.11. The van der Waals surface area contributed by atoms with Gasteiger partial charge in [0.05, 0.1) is 12.7 Å². The van der Waals surface area contributed by atoms with Crippen molar-refractivity contribution in [2.24, 2.45) is 7.05 Å². The molecule has 1 aromatic heterocycles. The Morgan fingerprint density at radius 3 is 2.39 bits per heavy atom. The summed E-state index contributed by atoms with van der Waals surface area (Å²) in [5, 5.41) is 2.86. The summed E-state index contributed by atoms with van der Waals surface area (Å²) in [7, 11) is 3.53. The van der Waals surface area contributed by atoms with Crippen LogP contribution in [0.4, 0.5) is 5.69 Å². The Hall–Kier alpha value is -2.23. The molecular formula is C14H16N2O2. The first-order valence-corrected chi connectivity index (χ1v) is 5.69. The fraction of sp³-hybridized carbons (Fsp3) is 0.214. The van der Waals surface area contributed by atoms with Gasteiger partial charge in [-0.2, -0.15) is 0 Å². The molecule has 0 atom stereocenters. The molecule has 2 rings (SSSR count). The average Bonchev–Trinajstić information content (AvgIpc) is 2.71. The van der Waals surface area contributed by atoms with Crippen molar-refractivity contribution in [1.82, 2.24) is 4.57 Å². The van der Waals surface area contributed by atoms with Crippen molar-refractivity contribution in [2.75, 3.05) is 12.4 Å². The lowest BCUT2D eigenvalue weighted by molar-refractivity contribution is 0.102. The number of nitrogens with zero attached hydrogens (tertiary/aromatic N) is 1. The summed E-state index contributed by atoms with van der Waals surface area (Å²) in [6.07, 6.45) is 1.87. The Labute approximate surface area is 106 Å². The van der Waals surface area contributed by atoms with E-state index in [0.717, 1.165) is 17.1 Å². The average molecular weight is 244 g/mol. The summed E-state index contributed by atoms with van der Waals surface area (Å²) in [6, 6.07) is 9.07. The lowest BCUT2D eigenvalue weighted by Gasteiger charge is -2.06. The van der Waals surface area contributed by atoms with Crippen LogP contribution in [0.5, 0.6) is 5.75 Å². The second-order valence-corrected chi connectivity index (χ2v) is 4.11. The third kappa shape index (κ3) is 2.37. The van der Waals surface area contributed by atoms with Crippen LogP contribution in [0.2, 0.25) is 0 Å². The van der Waals surface area contributed by atoms with Gasteiger partial charge in [0.2, 0.25) is 0 Å². The number of aryl methyl sites for hydroxylation is 1. The van der Waals surface area contributed by atoms with Crippen LogP contribution >= 0.6 is 0 Å². The fourth-order valence-electron chi connectivity index (χ4n) is 1.72. The van der Waals surface area contributed by atoms with Gasteiger partial charge in [-0.15, -0.1) is 0 Å². The molecule has 0 aliphatic heterocycles. The zero-order chi connectivity index (χ0) is 13.1. The highest BCUT2D eigenvalue weighted by Crippen LogP contribution is 2.17. The predicted octanol–water partition coefficient (Wildman–Crippen LogP) is 2.59. The van der Waals surface area contributed by atoms with Gasteiger partial charge in [0.25, 0.3) is 5.91 Å². The van der Waals surface area contributed by atoms with Crippen LogP contribution in [0.3, 0.4) is 0 Å². The number of hydrogen-bond acceptors (Lipinski definition) is 2. The van der Waals surface area contributed by atoms with Crippen molar-refractivity contribution < 1.29 is 9.53 Å². The van der Waals surface area contributed by atoms with Crippen molar-refractivity contribution >= 4 is 11.6 Å². The Balaban J connectivity index is 2.13. The van der Waals surface area contributed by atoms with E-state index in [1.165, 1.54) is 0 Å². The summed E-state index contributed by atoms with van der Waals surface area (Å²) >= 11 is 0. The maximum absolute atomic E-state index is 12.0. The van der Waals surface area contributed by atoms with E-state index >= 15 is 0 Å². The van der Waals surface area contributed by atoms with Gasteiger partial charge >= 0.3 is 0 Å². The van der Waals surface area contributed by atoms with E-state index in [2.05, 4.69) is 5.32 Å². The second kappa shape index (κ2) is 4.96. The van der Waals surface area contributed by atoms with E-state index in [0.29, 0.717) is 5.56 Å². The van der Waals surface area contributed by atoms with Crippen LogP contribution in [0.15, 0.2) is 36.5 Å². The zero-order valence-corrected chi connectivity index (χ0v) is 10.7. The van der Waals surface area contributed by atoms with Crippen LogP contribution in [0.25, 0.3) is 0 Å². The van der Waals surface area contributed by atoms with Crippen molar-refractivity contribution in [3.63, 3.8) is 0 Å². The summed E-state index contributed by atoms with van der Waals surface area (Å²) in [5.74, 6) is 0.669. The molecule has 2 aromatic rings. The Morgan fingerprint density at radius 2 is 1.89 bits per heavy atom. The van der Waals surface area contributed by atoms with Gasteiger partial charge in [-0.1, -0.05) is 0 Å². The molecule has 0 spiro atoms. The number of benzene rings is 1. The third-order valence-electron chi connectivity index (χ3n) is 2.98. The van der Waals surface area contributed by atoms with Gasteiger partial charge in [-0.05, 0) is 37.3 Å². The number of anilines is 1. The van der Waals surface area contributed by atoms with E-state index in [1.807, 2.05) is 55.1 Å². The highest BCUT2D eigenvalue weighted by atomic mass is 16.5. The molecule has 1 N–H and O–H groups in total. The van der Waals surface area contributed by atoms with E-state index in [1.54, 1.807) is 7.11 Å². The smallest absolute Gasteiger partial charge is 0.257 e. The molecule has 0 unspecified atom stereocenters. The molecule has 1 aromatic carbocycles. The van der Waals surface area contributed by atoms with E-state index < -0.39 is 0 Å². The first-order chi connectivity index (χ1) is 8.61. The first-order valence-electron chi connectivity index (χ1n) is 5.69. The molecule has 4 nitrogen and oxygen atoms in total. The number of nitrogens with one attached hydrogen (secondary N) is 1. The van der Waals surface area contributed by atoms with E-state index in [9.17, 15) is 4.79 Å². The summed E-state index contributed by atoms with van der Waals surface area (Å²) in [5.41, 5.74) is 2.39. The van der Waals surface area contributed by atoms with Crippen molar-refractivity contribution in [3.05, 3.63) is 47.8 Å². The van der Waals surface area contributed by atoms with Crippen molar-refractivity contribution in [2.45, 2.75) is 6.92 Å². The zero-order valence-electron chi connectivity index (χ0n) is 10.7. The number of carbonyl (C=O) groups is 1. The number of ether oxygens (including phenoxy) is 1. The van der Waals surface area contributed by atoms with Crippen LogP contribution in [0.1, 0.15) is 16.1 Å². The van der Waals surface area contributed by atoms with Crippen LogP contribution in [-0.4, -0.2) is 17.6 Å². The van der Waals surface area contributed by atoms with Gasteiger partial charge in [-0.25, -0.2) is 0 Å². The maximum atomic E-state index is 12.0. The minimum Gasteiger partial charge on any atom is -0.497 e. The molecule has 0 bridgehead atoms. The SMILES string of the molecule is COc1ccc(NC(=O)c2ccn(C)c2C)cc1. The fourth-order valence-corrected chi connectivity index (χ4v) is 1.72. The molecule has 0 fully saturated rings. The number of aromatic nitrogens is 1.